The van der Waals surface area contributed by atoms with Crippen molar-refractivity contribution in [2.24, 2.45) is 0 Å². The molecule has 4 N–H and O–H groups in total. The molecule has 0 aliphatic heterocycles. The van der Waals surface area contributed by atoms with Crippen LogP contribution in [0.3, 0.4) is 0 Å². The number of rotatable bonds is 0. The zero-order chi connectivity index (χ0) is 12.0. The maximum absolute atomic E-state index is 11.8. The van der Waals surface area contributed by atoms with Gasteiger partial charge in [0.05, 0.1) is 5.39 Å². The van der Waals surface area contributed by atoms with Gasteiger partial charge in [-0.15, -0.1) is 0 Å². The number of aromatic nitrogens is 3. The van der Waals surface area contributed by atoms with Crippen molar-refractivity contribution in [3.05, 3.63) is 17.3 Å². The minimum Gasteiger partial charge on any atom is -0.383 e. The minimum absolute atomic E-state index is 0.101. The highest BCUT2D eigenvalue weighted by atomic mass is 16.1. The van der Waals surface area contributed by atoms with Crippen LogP contribution in [-0.2, 0) is 6.42 Å². The fourth-order valence-electron chi connectivity index (χ4n) is 2.26. The average Bonchev–Trinajstić information content (AvgIpc) is 2.28. The highest BCUT2D eigenvalue weighted by Crippen LogP contribution is 2.29. The first kappa shape index (κ1) is 9.95. The summed E-state index contributed by atoms with van der Waals surface area (Å²) < 4.78 is 0. The Morgan fingerprint density at radius 3 is 2.82 bits per heavy atom. The van der Waals surface area contributed by atoms with Crippen molar-refractivity contribution in [3.63, 3.8) is 0 Å². The molecule has 2 aromatic heterocycles. The third-order valence-corrected chi connectivity index (χ3v) is 3.01. The van der Waals surface area contributed by atoms with Gasteiger partial charge in [0.15, 0.2) is 11.4 Å². The van der Waals surface area contributed by atoms with E-state index < -0.39 is 0 Å². The Bertz CT molecular complexity index is 637. The van der Waals surface area contributed by atoms with Crippen molar-refractivity contribution < 1.29 is 4.79 Å². The number of hydrogen-bond acceptors (Lipinski definition) is 6. The molecular formula is C11H11N5O. The van der Waals surface area contributed by atoms with Crippen LogP contribution in [-0.4, -0.2) is 20.7 Å². The van der Waals surface area contributed by atoms with Gasteiger partial charge in [-0.05, 0) is 18.4 Å². The van der Waals surface area contributed by atoms with Crippen LogP contribution in [0.25, 0.3) is 11.0 Å². The predicted octanol–water partition coefficient (Wildman–Crippen LogP) is 0.708. The van der Waals surface area contributed by atoms with Crippen molar-refractivity contribution in [2.45, 2.75) is 19.3 Å². The van der Waals surface area contributed by atoms with Crippen LogP contribution in [0.2, 0.25) is 0 Å². The molecule has 0 unspecified atom stereocenters. The number of pyridine rings is 1. The van der Waals surface area contributed by atoms with Crippen molar-refractivity contribution in [2.75, 3.05) is 11.5 Å². The lowest BCUT2D eigenvalue weighted by Gasteiger charge is -2.16. The minimum atomic E-state index is 0.101. The van der Waals surface area contributed by atoms with Gasteiger partial charge in [0.25, 0.3) is 0 Å². The van der Waals surface area contributed by atoms with Crippen LogP contribution in [0.15, 0.2) is 6.20 Å². The van der Waals surface area contributed by atoms with E-state index in [0.717, 1.165) is 18.4 Å². The molecule has 0 saturated heterocycles. The van der Waals surface area contributed by atoms with E-state index in [2.05, 4.69) is 15.0 Å². The van der Waals surface area contributed by atoms with Crippen LogP contribution < -0.4 is 11.5 Å². The van der Waals surface area contributed by atoms with Crippen LogP contribution in [0.5, 0.6) is 0 Å². The Morgan fingerprint density at radius 2 is 2.00 bits per heavy atom. The van der Waals surface area contributed by atoms with E-state index in [-0.39, 0.29) is 11.7 Å². The summed E-state index contributed by atoms with van der Waals surface area (Å²) in [5.41, 5.74) is 13.4. The smallest absolute Gasteiger partial charge is 0.224 e. The number of carbonyl (C=O) groups excluding carboxylic acids is 1. The number of nitrogens with zero attached hydrogens (tertiary/aromatic N) is 3. The fourth-order valence-corrected chi connectivity index (χ4v) is 2.26. The predicted molar refractivity (Wildman–Crippen MR) is 63.4 cm³/mol. The number of nitrogen functional groups attached to an aromatic ring is 2. The van der Waals surface area contributed by atoms with Crippen molar-refractivity contribution >= 4 is 28.6 Å². The fraction of sp³-hybridized carbons (Fsp3) is 0.273. The third-order valence-electron chi connectivity index (χ3n) is 3.01. The normalized spacial score (nSPS) is 14.9. The van der Waals surface area contributed by atoms with Gasteiger partial charge in [-0.2, -0.15) is 9.97 Å². The number of hydrogen-bond donors (Lipinski definition) is 2. The molecule has 2 aromatic rings. The van der Waals surface area contributed by atoms with Gasteiger partial charge in [-0.25, -0.2) is 4.98 Å². The summed E-state index contributed by atoms with van der Waals surface area (Å²) in [5.74, 6) is 0.507. The molecule has 0 atom stereocenters. The highest BCUT2D eigenvalue weighted by molar-refractivity contribution is 6.04. The highest BCUT2D eigenvalue weighted by Gasteiger charge is 2.22. The molecule has 6 heteroatoms. The van der Waals surface area contributed by atoms with Gasteiger partial charge in [0.2, 0.25) is 5.95 Å². The first-order valence-corrected chi connectivity index (χ1v) is 5.40. The molecule has 1 aliphatic carbocycles. The molecule has 0 bridgehead atoms. The zero-order valence-corrected chi connectivity index (χ0v) is 9.10. The summed E-state index contributed by atoms with van der Waals surface area (Å²) in [6, 6.07) is 0. The molecule has 0 spiro atoms. The van der Waals surface area contributed by atoms with Crippen LogP contribution >= 0.6 is 0 Å². The summed E-state index contributed by atoms with van der Waals surface area (Å²) in [6.45, 7) is 0. The van der Waals surface area contributed by atoms with E-state index in [1.807, 2.05) is 0 Å². The molecule has 0 amide bonds. The van der Waals surface area contributed by atoms with Crippen LogP contribution in [0, 0.1) is 0 Å². The second-order valence-electron chi connectivity index (χ2n) is 4.09. The third kappa shape index (κ3) is 1.41. The Balaban J connectivity index is 2.41. The Morgan fingerprint density at radius 1 is 1.18 bits per heavy atom. The SMILES string of the molecule is Nc1nc(N)c2c3c(cnc2n1)C(=O)CCC3. The number of anilines is 2. The number of ketones is 1. The topological polar surface area (TPSA) is 108 Å². The van der Waals surface area contributed by atoms with Gasteiger partial charge in [0, 0.05) is 18.2 Å². The molecule has 0 fully saturated rings. The number of carbonyl (C=O) groups is 1. The summed E-state index contributed by atoms with van der Waals surface area (Å²) in [4.78, 5) is 23.9. The number of Topliss-reactive ketones (excluding diaryl/α,β-unsaturated/α-hetero) is 1. The van der Waals surface area contributed by atoms with Gasteiger partial charge in [0.1, 0.15) is 5.82 Å². The van der Waals surface area contributed by atoms with Gasteiger partial charge in [-0.1, -0.05) is 0 Å². The van der Waals surface area contributed by atoms with Crippen LogP contribution in [0.4, 0.5) is 11.8 Å². The second kappa shape index (κ2) is 3.38. The molecule has 0 saturated carbocycles. The number of aryl methyl sites for hydroxylation is 1. The maximum Gasteiger partial charge on any atom is 0.224 e. The summed E-state index contributed by atoms with van der Waals surface area (Å²) in [7, 11) is 0. The second-order valence-corrected chi connectivity index (χ2v) is 4.09. The summed E-state index contributed by atoms with van der Waals surface area (Å²) in [5, 5.41) is 0.671. The Kier molecular flexibility index (Phi) is 1.98. The summed E-state index contributed by atoms with van der Waals surface area (Å²) in [6.07, 6.45) is 3.76. The molecule has 17 heavy (non-hydrogen) atoms. The lowest BCUT2D eigenvalue weighted by atomic mass is 9.90. The molecule has 3 rings (SSSR count). The van der Waals surface area contributed by atoms with Gasteiger partial charge in [-0.3, -0.25) is 4.79 Å². The van der Waals surface area contributed by atoms with E-state index in [9.17, 15) is 4.79 Å². The standard InChI is InChI=1S/C11H11N5O/c12-9-8-5-2-1-3-7(17)6(5)4-14-10(8)16-11(13)15-9/h4H,1-3H2,(H4,12,13,14,15,16). The lowest BCUT2D eigenvalue weighted by molar-refractivity contribution is 0.0972. The van der Waals surface area contributed by atoms with Crippen LogP contribution in [0.1, 0.15) is 28.8 Å². The summed E-state index contributed by atoms with van der Waals surface area (Å²) >= 11 is 0. The average molecular weight is 229 g/mol. The van der Waals surface area contributed by atoms with E-state index in [0.29, 0.717) is 28.8 Å². The number of nitrogens with two attached hydrogens (primary N) is 2. The molecule has 0 aromatic carbocycles. The zero-order valence-electron chi connectivity index (χ0n) is 9.10. The van der Waals surface area contributed by atoms with E-state index in [1.54, 1.807) is 6.20 Å². The molecule has 2 heterocycles. The Labute approximate surface area is 97.1 Å². The Hall–Kier alpha value is -2.24. The maximum atomic E-state index is 11.8. The largest absolute Gasteiger partial charge is 0.383 e. The lowest BCUT2D eigenvalue weighted by Crippen LogP contribution is -2.14. The van der Waals surface area contributed by atoms with E-state index in [1.165, 1.54) is 0 Å². The molecule has 1 aliphatic rings. The van der Waals surface area contributed by atoms with E-state index >= 15 is 0 Å². The molecular weight excluding hydrogens is 218 g/mol. The number of fused-ring (bicyclic) bond motifs is 3. The van der Waals surface area contributed by atoms with E-state index in [4.69, 9.17) is 11.5 Å². The van der Waals surface area contributed by atoms with Crippen molar-refractivity contribution in [3.8, 4) is 0 Å². The first-order valence-electron chi connectivity index (χ1n) is 5.40. The van der Waals surface area contributed by atoms with Crippen molar-refractivity contribution in [1.29, 1.82) is 0 Å². The molecule has 6 nitrogen and oxygen atoms in total. The monoisotopic (exact) mass is 229 g/mol. The van der Waals surface area contributed by atoms with Gasteiger partial charge >= 0.3 is 0 Å². The van der Waals surface area contributed by atoms with Gasteiger partial charge < -0.3 is 11.5 Å². The van der Waals surface area contributed by atoms with Crippen molar-refractivity contribution in [1.82, 2.24) is 15.0 Å². The molecule has 86 valence electrons. The first-order chi connectivity index (χ1) is 8.16. The quantitative estimate of drug-likeness (QED) is 0.688. The molecule has 0 radical (unpaired) electrons.